The molecule has 2 aromatic carbocycles. The summed E-state index contributed by atoms with van der Waals surface area (Å²) in [4.78, 5) is 12.6. The van der Waals surface area contributed by atoms with Crippen molar-refractivity contribution < 1.29 is 22.7 Å². The van der Waals surface area contributed by atoms with Crippen molar-refractivity contribution in [3.05, 3.63) is 53.3 Å². The van der Waals surface area contributed by atoms with Gasteiger partial charge < -0.3 is 4.74 Å². The molecule has 0 amide bonds. The summed E-state index contributed by atoms with van der Waals surface area (Å²) in [5.41, 5.74) is 1.06. The molecule has 0 N–H and O–H groups in total. The molecular formula is C28H35F3O2. The van der Waals surface area contributed by atoms with Gasteiger partial charge in [-0.1, -0.05) is 63.8 Å². The van der Waals surface area contributed by atoms with E-state index in [1.807, 2.05) is 12.1 Å². The molecule has 2 aromatic rings. The van der Waals surface area contributed by atoms with E-state index in [1.54, 1.807) is 12.1 Å². The Bertz CT molecular complexity index is 900. The van der Waals surface area contributed by atoms with E-state index in [9.17, 15) is 13.6 Å². The SMILES string of the molecule is CCCCCc1ccc(-c2ccc(OC(=O)C3CCC(CCC)CC3)c(F)c2C(F)F)cc1. The molecule has 1 aliphatic carbocycles. The second kappa shape index (κ2) is 12.2. The highest BCUT2D eigenvalue weighted by molar-refractivity contribution is 5.76. The lowest BCUT2D eigenvalue weighted by Crippen LogP contribution is -2.26. The van der Waals surface area contributed by atoms with E-state index in [0.717, 1.165) is 56.9 Å². The zero-order valence-corrected chi connectivity index (χ0v) is 19.7. The number of benzene rings is 2. The lowest BCUT2D eigenvalue weighted by atomic mass is 9.80. The minimum absolute atomic E-state index is 0.127. The minimum Gasteiger partial charge on any atom is -0.423 e. The highest BCUT2D eigenvalue weighted by Gasteiger charge is 2.29. The number of hydrogen-bond donors (Lipinski definition) is 0. The van der Waals surface area contributed by atoms with Crippen molar-refractivity contribution >= 4 is 5.97 Å². The fourth-order valence-corrected chi connectivity index (χ4v) is 4.83. The molecule has 0 heterocycles. The Labute approximate surface area is 195 Å². The second-order valence-corrected chi connectivity index (χ2v) is 9.22. The van der Waals surface area contributed by atoms with Gasteiger partial charge in [0.2, 0.25) is 0 Å². The van der Waals surface area contributed by atoms with Gasteiger partial charge in [0.1, 0.15) is 0 Å². The smallest absolute Gasteiger partial charge is 0.314 e. The van der Waals surface area contributed by atoms with E-state index in [2.05, 4.69) is 13.8 Å². The average molecular weight is 461 g/mol. The number of carbonyl (C=O) groups excluding carboxylic acids is 1. The first-order valence-corrected chi connectivity index (χ1v) is 12.4. The van der Waals surface area contributed by atoms with Gasteiger partial charge in [0.15, 0.2) is 11.6 Å². The molecule has 2 nitrogen and oxygen atoms in total. The Balaban J connectivity index is 1.74. The van der Waals surface area contributed by atoms with Gasteiger partial charge in [-0.05, 0) is 73.3 Å². The van der Waals surface area contributed by atoms with E-state index in [-0.39, 0.29) is 11.5 Å². The number of esters is 1. The molecule has 0 saturated heterocycles. The van der Waals surface area contributed by atoms with Crippen LogP contribution < -0.4 is 4.74 Å². The molecule has 0 radical (unpaired) electrons. The number of carbonyl (C=O) groups is 1. The van der Waals surface area contributed by atoms with Crippen molar-refractivity contribution in [2.24, 2.45) is 11.8 Å². The van der Waals surface area contributed by atoms with E-state index in [0.29, 0.717) is 24.3 Å². The first kappa shape index (κ1) is 25.3. The number of rotatable bonds is 10. The number of ether oxygens (including phenoxy) is 1. The summed E-state index contributed by atoms with van der Waals surface area (Å²) in [5.74, 6) is -1.76. The van der Waals surface area contributed by atoms with Gasteiger partial charge in [-0.25, -0.2) is 13.2 Å². The summed E-state index contributed by atoms with van der Waals surface area (Å²) in [7, 11) is 0. The molecule has 0 aliphatic heterocycles. The van der Waals surface area contributed by atoms with E-state index >= 15 is 4.39 Å². The van der Waals surface area contributed by atoms with Crippen molar-refractivity contribution in [2.45, 2.75) is 84.5 Å². The molecule has 1 fully saturated rings. The van der Waals surface area contributed by atoms with Gasteiger partial charge in [0.05, 0.1) is 11.5 Å². The minimum atomic E-state index is -3.02. The predicted molar refractivity (Wildman–Crippen MR) is 126 cm³/mol. The molecule has 0 aromatic heterocycles. The molecular weight excluding hydrogens is 425 g/mol. The zero-order valence-electron chi connectivity index (χ0n) is 19.7. The summed E-state index contributed by atoms with van der Waals surface area (Å²) in [6, 6.07) is 10.0. The molecule has 5 heteroatoms. The lowest BCUT2D eigenvalue weighted by molar-refractivity contribution is -0.140. The summed E-state index contributed by atoms with van der Waals surface area (Å²) >= 11 is 0. The molecule has 33 heavy (non-hydrogen) atoms. The van der Waals surface area contributed by atoms with Crippen LogP contribution in [0, 0.1) is 17.7 Å². The van der Waals surface area contributed by atoms with Crippen LogP contribution in [0.2, 0.25) is 0 Å². The van der Waals surface area contributed by atoms with Gasteiger partial charge in [0, 0.05) is 0 Å². The Morgan fingerprint density at radius 1 is 0.970 bits per heavy atom. The Kier molecular flexibility index (Phi) is 9.40. The summed E-state index contributed by atoms with van der Waals surface area (Å²) in [6.45, 7) is 4.29. The van der Waals surface area contributed by atoms with Crippen LogP contribution in [0.25, 0.3) is 11.1 Å². The quantitative estimate of drug-likeness (QED) is 0.201. The fraction of sp³-hybridized carbons (Fsp3) is 0.536. The van der Waals surface area contributed by atoms with Crippen LogP contribution in [0.4, 0.5) is 13.2 Å². The normalized spacial score (nSPS) is 18.5. The second-order valence-electron chi connectivity index (χ2n) is 9.22. The average Bonchev–Trinajstić information content (AvgIpc) is 2.81. The highest BCUT2D eigenvalue weighted by Crippen LogP contribution is 2.38. The van der Waals surface area contributed by atoms with Crippen molar-refractivity contribution in [3.8, 4) is 16.9 Å². The standard InChI is InChI=1S/C28H35F3O2/c1-3-5-6-8-20-9-13-21(14-10-20)23-17-18-24(26(29)25(23)27(30)31)33-28(32)22-15-11-19(7-4-2)12-16-22/h9-10,13-14,17-19,22,27H,3-8,11-12,15-16H2,1-2H3. The van der Waals surface area contributed by atoms with Crippen molar-refractivity contribution in [2.75, 3.05) is 0 Å². The van der Waals surface area contributed by atoms with Gasteiger partial charge >= 0.3 is 5.97 Å². The molecule has 3 rings (SSSR count). The van der Waals surface area contributed by atoms with E-state index in [1.165, 1.54) is 12.1 Å². The van der Waals surface area contributed by atoms with Gasteiger partial charge in [-0.15, -0.1) is 0 Å². The molecule has 1 saturated carbocycles. The van der Waals surface area contributed by atoms with Crippen LogP contribution >= 0.6 is 0 Å². The fourth-order valence-electron chi connectivity index (χ4n) is 4.83. The van der Waals surface area contributed by atoms with Crippen LogP contribution in [0.5, 0.6) is 5.75 Å². The number of halogens is 3. The molecule has 1 aliphatic rings. The third kappa shape index (κ3) is 6.61. The van der Waals surface area contributed by atoms with E-state index in [4.69, 9.17) is 4.74 Å². The maximum atomic E-state index is 15.1. The largest absolute Gasteiger partial charge is 0.423 e. The van der Waals surface area contributed by atoms with Crippen LogP contribution in [0.15, 0.2) is 36.4 Å². The third-order valence-corrected chi connectivity index (χ3v) is 6.78. The lowest BCUT2D eigenvalue weighted by Gasteiger charge is -2.27. The van der Waals surface area contributed by atoms with Crippen molar-refractivity contribution in [1.29, 1.82) is 0 Å². The summed E-state index contributed by atoms with van der Waals surface area (Å²) in [5, 5.41) is 0. The van der Waals surface area contributed by atoms with E-state index < -0.39 is 29.5 Å². The first-order valence-electron chi connectivity index (χ1n) is 12.4. The van der Waals surface area contributed by atoms with Crippen LogP contribution in [0.3, 0.4) is 0 Å². The maximum Gasteiger partial charge on any atom is 0.314 e. The zero-order chi connectivity index (χ0) is 23.8. The molecule has 0 spiro atoms. The summed E-state index contributed by atoms with van der Waals surface area (Å²) < 4.78 is 48.1. The topological polar surface area (TPSA) is 26.3 Å². The third-order valence-electron chi connectivity index (χ3n) is 6.78. The molecule has 0 atom stereocenters. The number of hydrogen-bond acceptors (Lipinski definition) is 2. The number of aryl methyl sites for hydroxylation is 1. The van der Waals surface area contributed by atoms with Gasteiger partial charge in [-0.3, -0.25) is 4.79 Å². The number of alkyl halides is 2. The van der Waals surface area contributed by atoms with Crippen LogP contribution in [-0.4, -0.2) is 5.97 Å². The Morgan fingerprint density at radius 2 is 1.67 bits per heavy atom. The summed E-state index contributed by atoms with van der Waals surface area (Å²) in [6.07, 6.45) is 6.83. The number of unbranched alkanes of at least 4 members (excludes halogenated alkanes) is 2. The molecule has 0 bridgehead atoms. The maximum absolute atomic E-state index is 15.1. The van der Waals surface area contributed by atoms with Crippen LogP contribution in [-0.2, 0) is 11.2 Å². The Morgan fingerprint density at radius 3 is 2.27 bits per heavy atom. The monoisotopic (exact) mass is 460 g/mol. The predicted octanol–water partition coefficient (Wildman–Crippen LogP) is 8.67. The molecule has 0 unspecified atom stereocenters. The Hall–Kier alpha value is -2.30. The van der Waals surface area contributed by atoms with Crippen molar-refractivity contribution in [1.82, 2.24) is 0 Å². The molecule has 180 valence electrons. The van der Waals surface area contributed by atoms with Gasteiger partial charge in [-0.2, -0.15) is 0 Å². The van der Waals surface area contributed by atoms with Crippen molar-refractivity contribution in [3.63, 3.8) is 0 Å². The van der Waals surface area contributed by atoms with Crippen LogP contribution in [0.1, 0.15) is 89.2 Å². The van der Waals surface area contributed by atoms with Gasteiger partial charge in [0.25, 0.3) is 6.43 Å². The highest BCUT2D eigenvalue weighted by atomic mass is 19.3. The first-order chi connectivity index (χ1) is 15.9.